The molecule has 0 aromatic carbocycles. The fourth-order valence-electron chi connectivity index (χ4n) is 5.05. The zero-order valence-electron chi connectivity index (χ0n) is 20.2. The van der Waals surface area contributed by atoms with Gasteiger partial charge in [0.25, 0.3) is 5.91 Å². The topological polar surface area (TPSA) is 155 Å². The highest BCUT2D eigenvalue weighted by Crippen LogP contribution is 2.51. The van der Waals surface area contributed by atoms with E-state index < -0.39 is 54.2 Å². The van der Waals surface area contributed by atoms with E-state index in [0.717, 1.165) is 0 Å². The molecular weight excluding hydrogens is 498 g/mol. The van der Waals surface area contributed by atoms with Crippen molar-refractivity contribution >= 4 is 35.5 Å². The Bertz CT molecular complexity index is 988. The predicted octanol–water partition coefficient (Wildman–Crippen LogP) is -0.436. The molecule has 0 unspecified atom stereocenters. The molecule has 0 radical (unpaired) electrons. The molecule has 36 heavy (non-hydrogen) atoms. The predicted molar refractivity (Wildman–Crippen MR) is 125 cm³/mol. The third kappa shape index (κ3) is 5.33. The summed E-state index contributed by atoms with van der Waals surface area (Å²) >= 11 is 1.29. The molecule has 4 N–H and O–H groups in total. The first-order chi connectivity index (χ1) is 17.0. The van der Waals surface area contributed by atoms with Crippen LogP contribution in [0.3, 0.4) is 0 Å². The van der Waals surface area contributed by atoms with Gasteiger partial charge >= 0.3 is 12.4 Å². The number of alkyl halides is 2. The van der Waals surface area contributed by atoms with Gasteiger partial charge in [0.2, 0.25) is 11.8 Å². The van der Waals surface area contributed by atoms with Crippen molar-refractivity contribution < 1.29 is 33.1 Å². The maximum absolute atomic E-state index is 12.9. The van der Waals surface area contributed by atoms with Crippen molar-refractivity contribution in [2.75, 3.05) is 33.2 Å². The molecule has 2 fully saturated rings. The van der Waals surface area contributed by atoms with Crippen LogP contribution < -0.4 is 16.0 Å². The van der Waals surface area contributed by atoms with E-state index in [2.05, 4.69) is 16.0 Å². The second kappa shape index (κ2) is 11.5. The zero-order chi connectivity index (χ0) is 26.7. The number of halogens is 2. The van der Waals surface area contributed by atoms with E-state index in [-0.39, 0.29) is 23.4 Å². The van der Waals surface area contributed by atoms with Crippen LogP contribution in [0.1, 0.15) is 20.3 Å². The number of nitrogens with one attached hydrogen (secondary N) is 3. The van der Waals surface area contributed by atoms with Gasteiger partial charge in [-0.3, -0.25) is 14.4 Å². The summed E-state index contributed by atoms with van der Waals surface area (Å²) in [4.78, 5) is 52.4. The van der Waals surface area contributed by atoms with Crippen molar-refractivity contribution in [3.63, 3.8) is 0 Å². The number of hydrogen-bond donors (Lipinski definition) is 4. The molecule has 3 aliphatic rings. The first kappa shape index (κ1) is 27.8. The minimum Gasteiger partial charge on any atom is -0.477 e. The second-order valence-electron chi connectivity index (χ2n) is 9.09. The van der Waals surface area contributed by atoms with Gasteiger partial charge in [-0.25, -0.2) is 4.79 Å². The van der Waals surface area contributed by atoms with E-state index in [0.29, 0.717) is 31.0 Å². The van der Waals surface area contributed by atoms with E-state index in [1.807, 2.05) is 6.07 Å². The minimum absolute atomic E-state index is 0.0394. The maximum atomic E-state index is 12.9. The molecule has 0 saturated carbocycles. The van der Waals surface area contributed by atoms with Gasteiger partial charge in [-0.2, -0.15) is 14.0 Å². The van der Waals surface area contributed by atoms with Gasteiger partial charge in [0.15, 0.2) is 0 Å². The lowest BCUT2D eigenvalue weighted by atomic mass is 9.78. The van der Waals surface area contributed by atoms with Gasteiger partial charge in [-0.1, -0.05) is 6.92 Å². The molecule has 0 aromatic heterocycles. The smallest absolute Gasteiger partial charge is 0.353 e. The molecule has 0 spiro atoms. The van der Waals surface area contributed by atoms with Gasteiger partial charge in [-0.15, -0.1) is 11.8 Å². The number of carbonyl (C=O) groups excluding carboxylic acids is 3. The van der Waals surface area contributed by atoms with E-state index in [1.165, 1.54) is 28.5 Å². The average molecular weight is 529 g/mol. The van der Waals surface area contributed by atoms with Crippen molar-refractivity contribution in [3.05, 3.63) is 10.6 Å². The summed E-state index contributed by atoms with van der Waals surface area (Å²) in [5.41, 5.74) is -0.138. The number of amides is 3. The van der Waals surface area contributed by atoms with Gasteiger partial charge in [0.05, 0.1) is 24.1 Å². The highest BCUT2D eigenvalue weighted by molar-refractivity contribution is 8.03. The molecule has 0 bridgehead atoms. The lowest BCUT2D eigenvalue weighted by Crippen LogP contribution is -2.66. The molecule has 14 heteroatoms. The molecule has 3 amide bonds. The van der Waals surface area contributed by atoms with Gasteiger partial charge in [-0.05, 0) is 20.4 Å². The Morgan fingerprint density at radius 1 is 1.39 bits per heavy atom. The summed E-state index contributed by atoms with van der Waals surface area (Å²) in [5, 5.41) is 27.0. The van der Waals surface area contributed by atoms with Crippen molar-refractivity contribution in [1.29, 1.82) is 5.26 Å². The highest BCUT2D eigenvalue weighted by atomic mass is 32.2. The van der Waals surface area contributed by atoms with Crippen molar-refractivity contribution in [1.82, 2.24) is 25.8 Å². The van der Waals surface area contributed by atoms with Crippen LogP contribution in [0, 0.1) is 23.2 Å². The number of nitrogens with zero attached hydrogens (tertiary/aromatic N) is 3. The molecule has 3 rings (SSSR count). The van der Waals surface area contributed by atoms with Crippen LogP contribution in [0.2, 0.25) is 0 Å². The van der Waals surface area contributed by atoms with Gasteiger partial charge < -0.3 is 30.9 Å². The SMILES string of the molecule is CNCCN(CC#N)C(=O)[C@@H]1C[C@H](SC2=C(C(=O)O)N3C(=O)[C@H]([C@@H](C)NC(=O)C(F)F)[C@H]3[C@H]2C)CN1. The van der Waals surface area contributed by atoms with Crippen molar-refractivity contribution in [3.8, 4) is 6.07 Å². The van der Waals surface area contributed by atoms with Crippen LogP contribution in [0.5, 0.6) is 0 Å². The average Bonchev–Trinajstić information content (AvgIpc) is 3.38. The number of aliphatic carboxylic acids is 1. The highest BCUT2D eigenvalue weighted by Gasteiger charge is 2.60. The Morgan fingerprint density at radius 3 is 2.67 bits per heavy atom. The fourth-order valence-corrected chi connectivity index (χ4v) is 6.53. The lowest BCUT2D eigenvalue weighted by molar-refractivity contribution is -0.159. The van der Waals surface area contributed by atoms with Crippen LogP contribution in [0.4, 0.5) is 8.78 Å². The first-order valence-corrected chi connectivity index (χ1v) is 12.5. The molecule has 198 valence electrons. The van der Waals surface area contributed by atoms with Crippen LogP contribution in [0.25, 0.3) is 0 Å². The molecule has 11 nitrogen and oxygen atoms in total. The van der Waals surface area contributed by atoms with E-state index in [9.17, 15) is 33.1 Å². The van der Waals surface area contributed by atoms with E-state index >= 15 is 0 Å². The number of likely N-dealkylation sites (N-methyl/N-ethyl adjacent to an activating group) is 1. The molecule has 0 aliphatic carbocycles. The molecular formula is C22H30F2N6O5S. The summed E-state index contributed by atoms with van der Waals surface area (Å²) in [7, 11) is 1.75. The van der Waals surface area contributed by atoms with E-state index in [4.69, 9.17) is 5.26 Å². The normalized spacial score (nSPS) is 28.0. The maximum Gasteiger partial charge on any atom is 0.353 e. The minimum atomic E-state index is -3.22. The Kier molecular flexibility index (Phi) is 8.91. The molecule has 6 atom stereocenters. The summed E-state index contributed by atoms with van der Waals surface area (Å²) in [6.45, 7) is 4.53. The summed E-state index contributed by atoms with van der Waals surface area (Å²) in [6.07, 6.45) is -2.80. The van der Waals surface area contributed by atoms with Gasteiger partial charge in [0, 0.05) is 41.7 Å². The molecule has 2 saturated heterocycles. The fraction of sp³-hybridized carbons (Fsp3) is 0.682. The summed E-state index contributed by atoms with van der Waals surface area (Å²) in [5.74, 6) is -4.70. The Morgan fingerprint density at radius 2 is 2.08 bits per heavy atom. The number of thioether (sulfide) groups is 1. The number of rotatable bonds is 11. The van der Waals surface area contributed by atoms with Crippen LogP contribution in [-0.2, 0) is 19.2 Å². The number of carboxylic acid groups (broad SMARTS) is 1. The first-order valence-electron chi connectivity index (χ1n) is 11.6. The second-order valence-corrected chi connectivity index (χ2v) is 10.4. The third-order valence-electron chi connectivity index (χ3n) is 6.79. The van der Waals surface area contributed by atoms with Crippen LogP contribution in [-0.4, -0.2) is 102 Å². The number of β-lactam (4-membered cyclic amide) rings is 1. The van der Waals surface area contributed by atoms with Crippen molar-refractivity contribution in [2.45, 2.75) is 50.1 Å². The number of nitriles is 1. The summed E-state index contributed by atoms with van der Waals surface area (Å²) in [6, 6.07) is 0.0153. The summed E-state index contributed by atoms with van der Waals surface area (Å²) < 4.78 is 25.3. The molecule has 0 aromatic rings. The Labute approximate surface area is 211 Å². The third-order valence-corrected chi connectivity index (χ3v) is 8.30. The number of carbonyl (C=O) groups is 4. The largest absolute Gasteiger partial charge is 0.477 e. The number of carboxylic acids is 1. The monoisotopic (exact) mass is 528 g/mol. The van der Waals surface area contributed by atoms with Gasteiger partial charge in [0.1, 0.15) is 12.2 Å². The number of hydrogen-bond acceptors (Lipinski definition) is 8. The Balaban J connectivity index is 1.71. The number of fused-ring (bicyclic) bond motifs is 1. The molecule has 3 heterocycles. The van der Waals surface area contributed by atoms with E-state index in [1.54, 1.807) is 14.0 Å². The quantitative estimate of drug-likeness (QED) is 0.206. The van der Waals surface area contributed by atoms with Crippen LogP contribution >= 0.6 is 11.8 Å². The zero-order valence-corrected chi connectivity index (χ0v) is 21.0. The van der Waals surface area contributed by atoms with Crippen LogP contribution in [0.15, 0.2) is 10.6 Å². The Hall–Kier alpha value is -2.76. The molecule has 3 aliphatic heterocycles. The lowest BCUT2D eigenvalue weighted by Gasteiger charge is -2.47. The van der Waals surface area contributed by atoms with Crippen molar-refractivity contribution in [2.24, 2.45) is 11.8 Å². The standard InChI is InChI=1S/C22H30F2N6O5S/c1-10-15-14(11(2)28-19(31)18(23)24)21(33)30(15)16(22(34)35)17(10)36-12-8-13(27-9-12)20(32)29(6-4-25)7-5-26-3/h10-15,18,26-27H,5-9H2,1-3H3,(H,28,31)(H,34,35)/t10-,11-,12+,13+,14-,15-/m1/s1.